The van der Waals surface area contributed by atoms with Crippen LogP contribution >= 0.6 is 0 Å². The molecule has 2 heterocycles. The lowest BCUT2D eigenvalue weighted by Crippen LogP contribution is -2.48. The van der Waals surface area contributed by atoms with Crippen LogP contribution in [-0.4, -0.2) is 41.6 Å². The Kier molecular flexibility index (Phi) is 3.46. The molecular weight excluding hydrogens is 260 g/mol. The summed E-state index contributed by atoms with van der Waals surface area (Å²) in [5, 5.41) is 3.85. The van der Waals surface area contributed by atoms with Crippen LogP contribution in [0.4, 0.5) is 0 Å². The second-order valence-electron chi connectivity index (χ2n) is 5.42. The van der Waals surface area contributed by atoms with Gasteiger partial charge < -0.3 is 14.2 Å². The van der Waals surface area contributed by atoms with Crippen molar-refractivity contribution in [2.45, 2.75) is 44.1 Å². The Morgan fingerprint density at radius 1 is 1.35 bits per heavy atom. The van der Waals surface area contributed by atoms with Crippen molar-refractivity contribution in [3.05, 3.63) is 17.5 Å². The van der Waals surface area contributed by atoms with E-state index in [1.54, 1.807) is 11.0 Å². The summed E-state index contributed by atoms with van der Waals surface area (Å²) in [5.74, 6) is 0.599. The van der Waals surface area contributed by atoms with Crippen molar-refractivity contribution in [3.8, 4) is 0 Å². The topological polar surface area (TPSA) is 72.6 Å². The highest BCUT2D eigenvalue weighted by atomic mass is 16.5. The standard InChI is InChI=1S/C14H18N2O4/c1-19-14(18)11-4-2-3-7-16(11)13(17)10-8-12(20-15-10)9-5-6-9/h8-9,11H,2-7H2,1H3/t11-/m1/s1. The van der Waals surface area contributed by atoms with Crippen molar-refractivity contribution in [2.75, 3.05) is 13.7 Å². The summed E-state index contributed by atoms with van der Waals surface area (Å²) in [6, 6.07) is 1.21. The highest BCUT2D eigenvalue weighted by molar-refractivity contribution is 5.95. The lowest BCUT2D eigenvalue weighted by atomic mass is 10.0. The van der Waals surface area contributed by atoms with Gasteiger partial charge in [0.25, 0.3) is 5.91 Å². The molecule has 108 valence electrons. The average Bonchev–Trinajstić information content (AvgIpc) is 3.23. The maximum absolute atomic E-state index is 12.5. The molecule has 2 fully saturated rings. The zero-order valence-corrected chi connectivity index (χ0v) is 11.5. The SMILES string of the molecule is COC(=O)[C@H]1CCCCN1C(=O)c1cc(C2CC2)on1. The first-order valence-electron chi connectivity index (χ1n) is 7.06. The van der Waals surface area contributed by atoms with Gasteiger partial charge in [-0.05, 0) is 32.1 Å². The molecule has 3 rings (SSSR count). The molecule has 0 N–H and O–H groups in total. The monoisotopic (exact) mass is 278 g/mol. The molecule has 0 bridgehead atoms. The summed E-state index contributed by atoms with van der Waals surface area (Å²) >= 11 is 0. The Bertz CT molecular complexity index is 521. The van der Waals surface area contributed by atoms with Gasteiger partial charge in [0.15, 0.2) is 5.69 Å². The fourth-order valence-electron chi connectivity index (χ4n) is 2.65. The minimum atomic E-state index is -0.498. The molecule has 20 heavy (non-hydrogen) atoms. The fraction of sp³-hybridized carbons (Fsp3) is 0.643. The molecule has 1 saturated heterocycles. The number of nitrogens with zero attached hydrogens (tertiary/aromatic N) is 2. The Labute approximate surface area is 117 Å². The van der Waals surface area contributed by atoms with Gasteiger partial charge in [-0.1, -0.05) is 5.16 Å². The number of methoxy groups -OCH3 is 1. The third kappa shape index (κ3) is 2.42. The number of esters is 1. The number of rotatable bonds is 3. The molecule has 0 spiro atoms. The van der Waals surface area contributed by atoms with Crippen molar-refractivity contribution < 1.29 is 18.8 Å². The van der Waals surface area contributed by atoms with E-state index in [0.29, 0.717) is 24.6 Å². The van der Waals surface area contributed by atoms with Gasteiger partial charge in [-0.3, -0.25) is 4.79 Å². The normalized spacial score (nSPS) is 22.6. The molecule has 1 aliphatic heterocycles. The first-order chi connectivity index (χ1) is 9.70. The van der Waals surface area contributed by atoms with E-state index < -0.39 is 6.04 Å². The molecule has 2 aliphatic rings. The zero-order valence-electron chi connectivity index (χ0n) is 11.5. The average molecular weight is 278 g/mol. The predicted molar refractivity (Wildman–Crippen MR) is 69.2 cm³/mol. The Morgan fingerprint density at radius 2 is 2.15 bits per heavy atom. The number of hydrogen-bond acceptors (Lipinski definition) is 5. The molecule has 0 radical (unpaired) electrons. The maximum Gasteiger partial charge on any atom is 0.328 e. The van der Waals surface area contributed by atoms with Gasteiger partial charge in [0.2, 0.25) is 0 Å². The molecule has 1 aliphatic carbocycles. The summed E-state index contributed by atoms with van der Waals surface area (Å²) in [5.41, 5.74) is 0.294. The van der Waals surface area contributed by atoms with Gasteiger partial charge in [0.1, 0.15) is 11.8 Å². The van der Waals surface area contributed by atoms with Gasteiger partial charge in [0, 0.05) is 18.5 Å². The van der Waals surface area contributed by atoms with E-state index in [-0.39, 0.29) is 11.9 Å². The first-order valence-corrected chi connectivity index (χ1v) is 7.06. The quantitative estimate of drug-likeness (QED) is 0.787. The summed E-state index contributed by atoms with van der Waals surface area (Å²) in [6.07, 6.45) is 4.66. The predicted octanol–water partition coefficient (Wildman–Crippen LogP) is 1.72. The van der Waals surface area contributed by atoms with E-state index in [1.807, 2.05) is 0 Å². The Hall–Kier alpha value is -1.85. The van der Waals surface area contributed by atoms with Gasteiger partial charge in [0.05, 0.1) is 7.11 Å². The van der Waals surface area contributed by atoms with Crippen LogP contribution in [0.3, 0.4) is 0 Å². The summed E-state index contributed by atoms with van der Waals surface area (Å²) in [7, 11) is 1.35. The fourth-order valence-corrected chi connectivity index (χ4v) is 2.65. The Balaban J connectivity index is 1.77. The second-order valence-corrected chi connectivity index (χ2v) is 5.42. The molecule has 1 aromatic heterocycles. The van der Waals surface area contributed by atoms with Crippen molar-refractivity contribution >= 4 is 11.9 Å². The van der Waals surface area contributed by atoms with E-state index in [9.17, 15) is 9.59 Å². The molecule has 1 saturated carbocycles. The van der Waals surface area contributed by atoms with Crippen LogP contribution in [0.15, 0.2) is 10.6 Å². The number of piperidine rings is 1. The van der Waals surface area contributed by atoms with E-state index in [1.165, 1.54) is 7.11 Å². The third-order valence-corrected chi connectivity index (χ3v) is 3.96. The highest BCUT2D eigenvalue weighted by Gasteiger charge is 2.35. The number of ether oxygens (including phenoxy) is 1. The van der Waals surface area contributed by atoms with Crippen molar-refractivity contribution in [1.29, 1.82) is 0 Å². The van der Waals surface area contributed by atoms with Crippen LogP contribution in [0.2, 0.25) is 0 Å². The number of amides is 1. The largest absolute Gasteiger partial charge is 0.467 e. The Morgan fingerprint density at radius 3 is 2.85 bits per heavy atom. The van der Waals surface area contributed by atoms with Crippen molar-refractivity contribution in [1.82, 2.24) is 10.1 Å². The molecule has 1 atom stereocenters. The molecular formula is C14H18N2O4. The highest BCUT2D eigenvalue weighted by Crippen LogP contribution is 2.40. The van der Waals surface area contributed by atoms with Crippen molar-refractivity contribution in [3.63, 3.8) is 0 Å². The van der Waals surface area contributed by atoms with Gasteiger partial charge in [-0.15, -0.1) is 0 Å². The van der Waals surface area contributed by atoms with E-state index >= 15 is 0 Å². The van der Waals surface area contributed by atoms with Crippen LogP contribution in [0.25, 0.3) is 0 Å². The van der Waals surface area contributed by atoms with Crippen LogP contribution in [-0.2, 0) is 9.53 Å². The molecule has 1 amide bonds. The van der Waals surface area contributed by atoms with Crippen LogP contribution in [0.1, 0.15) is 54.3 Å². The number of aromatic nitrogens is 1. The molecule has 6 heteroatoms. The van der Waals surface area contributed by atoms with Crippen LogP contribution < -0.4 is 0 Å². The minimum absolute atomic E-state index is 0.240. The maximum atomic E-state index is 12.5. The summed E-state index contributed by atoms with van der Waals surface area (Å²) in [6.45, 7) is 0.560. The van der Waals surface area contributed by atoms with E-state index in [4.69, 9.17) is 9.26 Å². The van der Waals surface area contributed by atoms with E-state index in [0.717, 1.165) is 31.4 Å². The van der Waals surface area contributed by atoms with E-state index in [2.05, 4.69) is 5.16 Å². The van der Waals surface area contributed by atoms with Gasteiger partial charge in [-0.25, -0.2) is 4.79 Å². The lowest BCUT2D eigenvalue weighted by Gasteiger charge is -2.33. The summed E-state index contributed by atoms with van der Waals surface area (Å²) in [4.78, 5) is 25.8. The number of carbonyl (C=O) groups is 2. The van der Waals surface area contributed by atoms with Gasteiger partial charge >= 0.3 is 5.97 Å². The molecule has 6 nitrogen and oxygen atoms in total. The van der Waals surface area contributed by atoms with Gasteiger partial charge in [-0.2, -0.15) is 0 Å². The molecule has 0 unspecified atom stereocenters. The van der Waals surface area contributed by atoms with Crippen LogP contribution in [0.5, 0.6) is 0 Å². The zero-order chi connectivity index (χ0) is 14.1. The van der Waals surface area contributed by atoms with Crippen molar-refractivity contribution in [2.24, 2.45) is 0 Å². The lowest BCUT2D eigenvalue weighted by molar-refractivity contribution is -0.147. The first kappa shape index (κ1) is 13.1. The summed E-state index contributed by atoms with van der Waals surface area (Å²) < 4.78 is 9.99. The van der Waals surface area contributed by atoms with Crippen LogP contribution in [0, 0.1) is 0 Å². The minimum Gasteiger partial charge on any atom is -0.467 e. The number of carbonyl (C=O) groups excluding carboxylic acids is 2. The second kappa shape index (κ2) is 5.26. The third-order valence-electron chi connectivity index (χ3n) is 3.96. The number of hydrogen-bond donors (Lipinski definition) is 0. The smallest absolute Gasteiger partial charge is 0.328 e. The molecule has 0 aromatic carbocycles. The number of likely N-dealkylation sites (tertiary alicyclic amines) is 1. The molecule has 1 aromatic rings.